The van der Waals surface area contributed by atoms with Crippen LogP contribution in [0.15, 0.2) is 41.8 Å². The maximum absolute atomic E-state index is 13.9. The third kappa shape index (κ3) is 5.56. The van der Waals surface area contributed by atoms with Crippen molar-refractivity contribution in [2.75, 3.05) is 32.7 Å². The molecule has 214 valence electrons. The van der Waals surface area contributed by atoms with Gasteiger partial charge in [0.05, 0.1) is 26.1 Å². The third-order valence-electron chi connectivity index (χ3n) is 6.81. The van der Waals surface area contributed by atoms with E-state index in [2.05, 4.69) is 30.1 Å². The highest BCUT2D eigenvalue weighted by Gasteiger charge is 2.55. The third-order valence-corrected chi connectivity index (χ3v) is 8.43. The molecule has 0 amide bonds. The molecule has 3 aromatic rings. The molecule has 2 saturated heterocycles. The van der Waals surface area contributed by atoms with Crippen LogP contribution in [-0.4, -0.2) is 75.3 Å². The SMILES string of the molecule is COc1nc(N)nc2c1ncn2C1O[C@H](COP(=O)(NC2CCOCC2)Oc2ccccc2)[C@@H](O)[C@@]1(C)N=[N+]=[N-]. The molecule has 16 nitrogen and oxygen atoms in total. The van der Waals surface area contributed by atoms with Gasteiger partial charge in [0, 0.05) is 24.2 Å². The smallest absolute Gasteiger partial charge is 0.459 e. The predicted molar refractivity (Wildman–Crippen MR) is 141 cm³/mol. The van der Waals surface area contributed by atoms with Crippen molar-refractivity contribution >= 4 is 24.9 Å². The number of imidazole rings is 1. The molecule has 2 aromatic heterocycles. The number of ether oxygens (including phenoxy) is 3. The van der Waals surface area contributed by atoms with Crippen molar-refractivity contribution in [1.29, 1.82) is 0 Å². The number of nitrogen functional groups attached to an aromatic ring is 1. The number of hydrogen-bond donors (Lipinski definition) is 3. The lowest BCUT2D eigenvalue weighted by molar-refractivity contribution is -0.0425. The molecule has 4 N–H and O–H groups in total. The minimum Gasteiger partial charge on any atom is -0.479 e. The highest BCUT2D eigenvalue weighted by Crippen LogP contribution is 2.48. The highest BCUT2D eigenvalue weighted by molar-refractivity contribution is 7.52. The summed E-state index contributed by atoms with van der Waals surface area (Å²) in [4.78, 5) is 15.5. The van der Waals surface area contributed by atoms with Crippen molar-refractivity contribution in [2.24, 2.45) is 5.11 Å². The Morgan fingerprint density at radius 2 is 2.08 bits per heavy atom. The molecule has 40 heavy (non-hydrogen) atoms. The second-order valence-electron chi connectivity index (χ2n) is 9.52. The quantitative estimate of drug-likeness (QED) is 0.138. The summed E-state index contributed by atoms with van der Waals surface area (Å²) in [5.74, 6) is 0.405. The maximum Gasteiger partial charge on any atom is 0.459 e. The van der Waals surface area contributed by atoms with E-state index in [-0.39, 0.29) is 30.1 Å². The summed E-state index contributed by atoms with van der Waals surface area (Å²) in [6.45, 7) is 2.19. The molecule has 4 heterocycles. The van der Waals surface area contributed by atoms with Crippen LogP contribution in [0.5, 0.6) is 11.6 Å². The number of rotatable bonds is 10. The van der Waals surface area contributed by atoms with Crippen molar-refractivity contribution < 1.29 is 32.9 Å². The number of aromatic nitrogens is 4. The first kappa shape index (κ1) is 28.1. The molecular formula is C23H30N9O7P. The molecule has 0 saturated carbocycles. The summed E-state index contributed by atoms with van der Waals surface area (Å²) in [7, 11) is -2.54. The van der Waals surface area contributed by atoms with Gasteiger partial charge in [-0.1, -0.05) is 23.3 Å². The standard InChI is InChI=1S/C23H30N9O7P/c1-23(30-31-25)18(33)16(38-21(23)32-13-26-17-19(32)27-22(24)28-20(17)35-2)12-37-40(34,29-14-8-10-36-11-9-14)39-15-6-4-3-5-7-15/h3-7,13-14,16,18,21,33H,8-12H2,1-2H3,(H,29,34)(H2,24,27,28)/t16-,18-,21?,23-,40?/m1/s1. The second kappa shape index (κ2) is 11.6. The Morgan fingerprint density at radius 1 is 1.32 bits per heavy atom. The van der Waals surface area contributed by atoms with Gasteiger partial charge in [-0.3, -0.25) is 9.09 Å². The van der Waals surface area contributed by atoms with Crippen molar-refractivity contribution in [3.63, 3.8) is 0 Å². The molecule has 2 aliphatic heterocycles. The summed E-state index contributed by atoms with van der Waals surface area (Å²) >= 11 is 0. The Balaban J connectivity index is 1.41. The van der Waals surface area contributed by atoms with E-state index in [1.807, 2.05) is 0 Å². The molecule has 5 rings (SSSR count). The average molecular weight is 576 g/mol. The molecule has 5 atom stereocenters. The average Bonchev–Trinajstić information content (AvgIpc) is 3.46. The van der Waals surface area contributed by atoms with Crippen LogP contribution >= 0.6 is 7.75 Å². The lowest BCUT2D eigenvalue weighted by atomic mass is 9.93. The molecule has 2 unspecified atom stereocenters. The van der Waals surface area contributed by atoms with Crippen LogP contribution in [0, 0.1) is 0 Å². The van der Waals surface area contributed by atoms with Gasteiger partial charge < -0.3 is 29.6 Å². The van der Waals surface area contributed by atoms with E-state index < -0.39 is 31.7 Å². The Labute approximate surface area is 229 Å². The first-order valence-electron chi connectivity index (χ1n) is 12.5. The Kier molecular flexibility index (Phi) is 8.10. The number of fused-ring (bicyclic) bond motifs is 1. The van der Waals surface area contributed by atoms with Gasteiger partial charge in [0.15, 0.2) is 17.4 Å². The van der Waals surface area contributed by atoms with Crippen LogP contribution in [0.2, 0.25) is 0 Å². The summed E-state index contributed by atoms with van der Waals surface area (Å²) in [6, 6.07) is 8.43. The van der Waals surface area contributed by atoms with Gasteiger partial charge in [0.1, 0.15) is 17.4 Å². The number of nitrogens with zero attached hydrogens (tertiary/aromatic N) is 7. The van der Waals surface area contributed by atoms with Crippen LogP contribution in [-0.2, 0) is 18.6 Å². The number of nitrogens with two attached hydrogens (primary N) is 1. The zero-order valence-corrected chi connectivity index (χ0v) is 22.8. The normalized spacial score (nSPS) is 26.7. The zero-order chi connectivity index (χ0) is 28.3. The molecule has 0 bridgehead atoms. The maximum atomic E-state index is 13.9. The molecule has 2 fully saturated rings. The van der Waals surface area contributed by atoms with Crippen LogP contribution in [0.4, 0.5) is 5.95 Å². The molecule has 0 spiro atoms. The molecule has 17 heteroatoms. The number of nitrogens with one attached hydrogen (secondary N) is 1. The Bertz CT molecular complexity index is 1430. The fourth-order valence-corrected chi connectivity index (χ4v) is 6.36. The van der Waals surface area contributed by atoms with Crippen LogP contribution in [0.3, 0.4) is 0 Å². The summed E-state index contributed by atoms with van der Waals surface area (Å²) in [5, 5.41) is 18.2. The fourth-order valence-electron chi connectivity index (χ4n) is 4.74. The van der Waals surface area contributed by atoms with Crippen molar-refractivity contribution in [1.82, 2.24) is 24.6 Å². The molecule has 2 aliphatic rings. The number of methoxy groups -OCH3 is 1. The van der Waals surface area contributed by atoms with Gasteiger partial charge in [0.25, 0.3) is 0 Å². The van der Waals surface area contributed by atoms with E-state index in [1.54, 1.807) is 30.3 Å². The van der Waals surface area contributed by atoms with Gasteiger partial charge in [-0.2, -0.15) is 9.97 Å². The van der Waals surface area contributed by atoms with Gasteiger partial charge in [0.2, 0.25) is 11.8 Å². The van der Waals surface area contributed by atoms with E-state index in [4.69, 9.17) is 29.0 Å². The van der Waals surface area contributed by atoms with Crippen LogP contribution in [0.1, 0.15) is 26.0 Å². The minimum atomic E-state index is -3.95. The first-order chi connectivity index (χ1) is 19.3. The number of benzene rings is 1. The predicted octanol–water partition coefficient (Wildman–Crippen LogP) is 2.72. The Hall–Kier alpha value is -3.49. The van der Waals surface area contributed by atoms with Crippen molar-refractivity contribution in [3.05, 3.63) is 47.1 Å². The molecule has 0 radical (unpaired) electrons. The number of aliphatic hydroxyl groups is 1. The van der Waals surface area contributed by atoms with Gasteiger partial charge >= 0.3 is 7.75 Å². The van der Waals surface area contributed by atoms with Crippen molar-refractivity contribution in [3.8, 4) is 11.6 Å². The summed E-state index contributed by atoms with van der Waals surface area (Å²) in [6.07, 6.45) is -0.916. The first-order valence-corrected chi connectivity index (χ1v) is 14.1. The number of azide groups is 1. The fraction of sp³-hybridized carbons (Fsp3) is 0.522. The second-order valence-corrected chi connectivity index (χ2v) is 11.2. The molecule has 0 aliphatic carbocycles. The monoisotopic (exact) mass is 575 g/mol. The largest absolute Gasteiger partial charge is 0.479 e. The zero-order valence-electron chi connectivity index (χ0n) is 21.9. The number of hydrogen-bond acceptors (Lipinski definition) is 12. The highest BCUT2D eigenvalue weighted by atomic mass is 31.2. The minimum absolute atomic E-state index is 0.0757. The summed E-state index contributed by atoms with van der Waals surface area (Å²) in [5.41, 5.74) is 14.2. The van der Waals surface area contributed by atoms with E-state index in [0.29, 0.717) is 37.3 Å². The van der Waals surface area contributed by atoms with Gasteiger partial charge in [-0.15, -0.1) is 0 Å². The molecular weight excluding hydrogens is 545 g/mol. The van der Waals surface area contributed by atoms with E-state index >= 15 is 0 Å². The van der Waals surface area contributed by atoms with Gasteiger partial charge in [-0.25, -0.2) is 14.6 Å². The lowest BCUT2D eigenvalue weighted by Gasteiger charge is -2.29. The van der Waals surface area contributed by atoms with E-state index in [1.165, 1.54) is 24.9 Å². The van der Waals surface area contributed by atoms with Crippen LogP contribution < -0.4 is 20.1 Å². The number of aliphatic hydroxyl groups excluding tert-OH is 1. The number of anilines is 1. The Morgan fingerprint density at radius 3 is 2.77 bits per heavy atom. The number of para-hydroxylation sites is 1. The van der Waals surface area contributed by atoms with E-state index in [9.17, 15) is 15.2 Å². The van der Waals surface area contributed by atoms with Crippen molar-refractivity contribution in [2.45, 2.75) is 49.8 Å². The topological polar surface area (TPSA) is 214 Å². The summed E-state index contributed by atoms with van der Waals surface area (Å²) < 4.78 is 43.8. The van der Waals surface area contributed by atoms with E-state index in [0.717, 1.165) is 0 Å². The van der Waals surface area contributed by atoms with Gasteiger partial charge in [-0.05, 0) is 37.4 Å². The van der Waals surface area contributed by atoms with Crippen LogP contribution in [0.25, 0.3) is 21.6 Å². The lowest BCUT2D eigenvalue weighted by Crippen LogP contribution is -2.43. The molecule has 1 aromatic carbocycles.